The summed E-state index contributed by atoms with van der Waals surface area (Å²) in [6.07, 6.45) is 5.65. The van der Waals surface area contributed by atoms with Crippen molar-refractivity contribution in [2.75, 3.05) is 39.8 Å². The molecule has 2 saturated heterocycles. The summed E-state index contributed by atoms with van der Waals surface area (Å²) in [5.74, 6) is 0. The first kappa shape index (κ1) is 11.9. The molecule has 0 aromatic rings. The van der Waals surface area contributed by atoms with E-state index in [1.54, 1.807) is 0 Å². The average Bonchev–Trinajstić information content (AvgIpc) is 2.95. The van der Waals surface area contributed by atoms with Crippen molar-refractivity contribution in [1.82, 2.24) is 9.80 Å². The van der Waals surface area contributed by atoms with E-state index in [-0.39, 0.29) is 5.54 Å². The van der Waals surface area contributed by atoms with E-state index >= 15 is 0 Å². The molecule has 1 aliphatic carbocycles. The number of rotatable bonds is 4. The fourth-order valence-corrected chi connectivity index (χ4v) is 3.54. The molecule has 0 aromatic heterocycles. The van der Waals surface area contributed by atoms with Gasteiger partial charge in [-0.1, -0.05) is 0 Å². The van der Waals surface area contributed by atoms with Crippen LogP contribution in [0.1, 0.15) is 25.7 Å². The van der Waals surface area contributed by atoms with Crippen LogP contribution in [0.3, 0.4) is 0 Å². The number of ether oxygens (including phenoxy) is 1. The SMILES string of the molecule is COC1CCN(C2(CN)CCN(C3CC3)C2)C1. The first-order chi connectivity index (χ1) is 8.27. The van der Waals surface area contributed by atoms with Gasteiger partial charge in [0.15, 0.2) is 0 Å². The minimum Gasteiger partial charge on any atom is -0.380 e. The van der Waals surface area contributed by atoms with Crippen LogP contribution in [0.25, 0.3) is 0 Å². The van der Waals surface area contributed by atoms with Crippen LogP contribution in [0.15, 0.2) is 0 Å². The molecular weight excluding hydrogens is 214 g/mol. The third-order valence-corrected chi connectivity index (χ3v) is 4.95. The molecule has 3 fully saturated rings. The van der Waals surface area contributed by atoms with Crippen molar-refractivity contribution in [2.45, 2.75) is 43.4 Å². The molecule has 2 atom stereocenters. The van der Waals surface area contributed by atoms with Gasteiger partial charge in [-0.2, -0.15) is 0 Å². The largest absolute Gasteiger partial charge is 0.380 e. The molecule has 0 radical (unpaired) electrons. The minimum absolute atomic E-state index is 0.246. The van der Waals surface area contributed by atoms with Gasteiger partial charge >= 0.3 is 0 Å². The molecular formula is C13H25N3O. The molecule has 2 unspecified atom stereocenters. The Bertz CT molecular complexity index is 282. The van der Waals surface area contributed by atoms with E-state index in [9.17, 15) is 0 Å². The van der Waals surface area contributed by atoms with E-state index in [2.05, 4.69) is 9.80 Å². The highest BCUT2D eigenvalue weighted by molar-refractivity contribution is 5.05. The molecule has 4 nitrogen and oxygen atoms in total. The summed E-state index contributed by atoms with van der Waals surface area (Å²) < 4.78 is 5.48. The van der Waals surface area contributed by atoms with Crippen LogP contribution in [0.2, 0.25) is 0 Å². The topological polar surface area (TPSA) is 41.7 Å². The summed E-state index contributed by atoms with van der Waals surface area (Å²) >= 11 is 0. The summed E-state index contributed by atoms with van der Waals surface area (Å²) in [5.41, 5.74) is 6.36. The second-order valence-corrected chi connectivity index (χ2v) is 5.97. The Morgan fingerprint density at radius 2 is 2.12 bits per heavy atom. The molecule has 17 heavy (non-hydrogen) atoms. The maximum Gasteiger partial charge on any atom is 0.0710 e. The predicted octanol–water partition coefficient (Wildman–Crippen LogP) is 0.273. The Morgan fingerprint density at radius 3 is 2.71 bits per heavy atom. The van der Waals surface area contributed by atoms with Gasteiger partial charge in [-0.15, -0.1) is 0 Å². The Labute approximate surface area is 104 Å². The van der Waals surface area contributed by atoms with Gasteiger partial charge in [0.25, 0.3) is 0 Å². The molecule has 0 aromatic carbocycles. The van der Waals surface area contributed by atoms with Crippen LogP contribution in [0.5, 0.6) is 0 Å². The monoisotopic (exact) mass is 239 g/mol. The Kier molecular flexibility index (Phi) is 3.15. The van der Waals surface area contributed by atoms with Gasteiger partial charge in [-0.25, -0.2) is 0 Å². The van der Waals surface area contributed by atoms with Crippen molar-refractivity contribution in [1.29, 1.82) is 0 Å². The zero-order valence-electron chi connectivity index (χ0n) is 10.9. The fraction of sp³-hybridized carbons (Fsp3) is 1.00. The number of methoxy groups -OCH3 is 1. The summed E-state index contributed by atoms with van der Waals surface area (Å²) in [6.45, 7) is 5.47. The van der Waals surface area contributed by atoms with Gasteiger partial charge in [-0.05, 0) is 25.7 Å². The molecule has 3 aliphatic rings. The lowest BCUT2D eigenvalue weighted by Crippen LogP contribution is -2.55. The molecule has 4 heteroatoms. The minimum atomic E-state index is 0.246. The summed E-state index contributed by atoms with van der Waals surface area (Å²) in [7, 11) is 1.83. The quantitative estimate of drug-likeness (QED) is 0.765. The normalized spacial score (nSPS) is 40.2. The van der Waals surface area contributed by atoms with E-state index < -0.39 is 0 Å². The highest BCUT2D eigenvalue weighted by atomic mass is 16.5. The molecule has 3 rings (SSSR count). The molecule has 98 valence electrons. The molecule has 0 spiro atoms. The standard InChI is InChI=1S/C13H25N3O/c1-17-12-4-6-16(8-12)13(9-14)5-7-15(10-13)11-2-3-11/h11-12H,2-10,14H2,1H3. The number of nitrogens with two attached hydrogens (primary N) is 1. The smallest absolute Gasteiger partial charge is 0.0710 e. The summed E-state index contributed by atoms with van der Waals surface area (Å²) in [6, 6.07) is 0.879. The highest BCUT2D eigenvalue weighted by Gasteiger charge is 2.47. The van der Waals surface area contributed by atoms with Crippen LogP contribution in [-0.2, 0) is 4.74 Å². The van der Waals surface area contributed by atoms with E-state index in [4.69, 9.17) is 10.5 Å². The number of hydrogen-bond donors (Lipinski definition) is 1. The Hall–Kier alpha value is -0.160. The second kappa shape index (κ2) is 4.50. The third kappa shape index (κ3) is 2.12. The van der Waals surface area contributed by atoms with Crippen molar-refractivity contribution >= 4 is 0 Å². The van der Waals surface area contributed by atoms with Crippen molar-refractivity contribution in [3.63, 3.8) is 0 Å². The maximum absolute atomic E-state index is 6.11. The summed E-state index contributed by atoms with van der Waals surface area (Å²) in [5, 5.41) is 0. The summed E-state index contributed by atoms with van der Waals surface area (Å²) in [4.78, 5) is 5.26. The van der Waals surface area contributed by atoms with Gasteiger partial charge in [-0.3, -0.25) is 9.80 Å². The predicted molar refractivity (Wildman–Crippen MR) is 68.0 cm³/mol. The number of likely N-dealkylation sites (tertiary alicyclic amines) is 2. The number of nitrogens with zero attached hydrogens (tertiary/aromatic N) is 2. The van der Waals surface area contributed by atoms with Gasteiger partial charge in [0.2, 0.25) is 0 Å². The maximum atomic E-state index is 6.11. The Balaban J connectivity index is 1.66. The lowest BCUT2D eigenvalue weighted by atomic mass is 9.96. The average molecular weight is 239 g/mol. The van der Waals surface area contributed by atoms with Crippen molar-refractivity contribution < 1.29 is 4.74 Å². The highest BCUT2D eigenvalue weighted by Crippen LogP contribution is 2.37. The fourth-order valence-electron chi connectivity index (χ4n) is 3.54. The van der Waals surface area contributed by atoms with Crippen molar-refractivity contribution in [3.8, 4) is 0 Å². The molecule has 2 N–H and O–H groups in total. The van der Waals surface area contributed by atoms with Crippen LogP contribution < -0.4 is 5.73 Å². The zero-order chi connectivity index (χ0) is 11.9. The molecule has 1 saturated carbocycles. The van der Waals surface area contributed by atoms with E-state index in [0.717, 1.165) is 25.7 Å². The van der Waals surface area contributed by atoms with E-state index in [0.29, 0.717) is 6.10 Å². The van der Waals surface area contributed by atoms with Gasteiger partial charge in [0, 0.05) is 51.4 Å². The lowest BCUT2D eigenvalue weighted by molar-refractivity contribution is 0.0754. The first-order valence-electron chi connectivity index (χ1n) is 6.99. The van der Waals surface area contributed by atoms with Gasteiger partial charge in [0.05, 0.1) is 6.10 Å². The molecule has 2 heterocycles. The van der Waals surface area contributed by atoms with Gasteiger partial charge in [0.1, 0.15) is 0 Å². The lowest BCUT2D eigenvalue weighted by Gasteiger charge is -2.38. The molecule has 0 amide bonds. The van der Waals surface area contributed by atoms with Crippen LogP contribution in [-0.4, -0.2) is 67.3 Å². The van der Waals surface area contributed by atoms with E-state index in [1.165, 1.54) is 38.8 Å². The zero-order valence-corrected chi connectivity index (χ0v) is 10.9. The van der Waals surface area contributed by atoms with Crippen LogP contribution in [0, 0.1) is 0 Å². The first-order valence-corrected chi connectivity index (χ1v) is 6.99. The third-order valence-electron chi connectivity index (χ3n) is 4.95. The van der Waals surface area contributed by atoms with Crippen molar-refractivity contribution in [3.05, 3.63) is 0 Å². The van der Waals surface area contributed by atoms with Gasteiger partial charge < -0.3 is 10.5 Å². The van der Waals surface area contributed by atoms with Crippen LogP contribution >= 0.6 is 0 Å². The molecule has 2 aliphatic heterocycles. The van der Waals surface area contributed by atoms with Crippen molar-refractivity contribution in [2.24, 2.45) is 5.73 Å². The van der Waals surface area contributed by atoms with E-state index in [1.807, 2.05) is 7.11 Å². The van der Waals surface area contributed by atoms with Crippen LogP contribution in [0.4, 0.5) is 0 Å². The molecule has 0 bridgehead atoms. The second-order valence-electron chi connectivity index (χ2n) is 5.97. The number of hydrogen-bond acceptors (Lipinski definition) is 4. The Morgan fingerprint density at radius 1 is 1.29 bits per heavy atom.